The molecule has 0 radical (unpaired) electrons. The lowest BCUT2D eigenvalue weighted by atomic mass is 10.2. The van der Waals surface area contributed by atoms with Crippen LogP contribution in [0.1, 0.15) is 6.42 Å². The summed E-state index contributed by atoms with van der Waals surface area (Å²) in [7, 11) is -3.36. The van der Waals surface area contributed by atoms with Crippen LogP contribution in [0.4, 0.5) is 0 Å². The zero-order chi connectivity index (χ0) is 15.4. The molecule has 0 N–H and O–H groups in total. The molecule has 0 aliphatic carbocycles. The van der Waals surface area contributed by atoms with E-state index in [1.54, 1.807) is 16.4 Å². The number of hydrogen-bond acceptors (Lipinski definition) is 6. The van der Waals surface area contributed by atoms with Crippen LogP contribution in [0.2, 0.25) is 0 Å². The molecular formula is C14H22N2O3S3. The van der Waals surface area contributed by atoms with Crippen LogP contribution in [0.25, 0.3) is 0 Å². The predicted molar refractivity (Wildman–Crippen MR) is 91.2 cm³/mol. The Balaban J connectivity index is 1.78. The first kappa shape index (κ1) is 16.7. The van der Waals surface area contributed by atoms with E-state index >= 15 is 0 Å². The molecule has 1 unspecified atom stereocenters. The molecule has 0 amide bonds. The molecule has 0 bridgehead atoms. The molecule has 1 aromatic rings. The first-order valence-electron chi connectivity index (χ1n) is 7.61. The highest BCUT2D eigenvalue weighted by Gasteiger charge is 2.34. The quantitative estimate of drug-likeness (QED) is 0.814. The van der Waals surface area contributed by atoms with Crippen molar-refractivity contribution in [2.45, 2.75) is 16.7 Å². The van der Waals surface area contributed by atoms with Crippen molar-refractivity contribution in [1.29, 1.82) is 0 Å². The molecule has 8 heteroatoms. The highest BCUT2D eigenvalue weighted by atomic mass is 32.2. The van der Waals surface area contributed by atoms with Gasteiger partial charge in [-0.25, -0.2) is 8.42 Å². The summed E-state index contributed by atoms with van der Waals surface area (Å²) < 4.78 is 33.5. The van der Waals surface area contributed by atoms with Crippen LogP contribution >= 0.6 is 23.1 Å². The standard InChI is InChI=1S/C14H22N2O3S3/c17-22(18,14-3-1-10-21-14)16-4-2-9-20-12-13(16)11-15-5-7-19-8-6-15/h1,3,10,13H,2,4-9,11-12H2. The van der Waals surface area contributed by atoms with Gasteiger partial charge in [0.2, 0.25) is 0 Å². The van der Waals surface area contributed by atoms with E-state index in [-0.39, 0.29) is 6.04 Å². The van der Waals surface area contributed by atoms with Gasteiger partial charge in [-0.05, 0) is 23.6 Å². The summed E-state index contributed by atoms with van der Waals surface area (Å²) in [5.74, 6) is 1.91. The predicted octanol–water partition coefficient (Wildman–Crippen LogP) is 1.58. The molecule has 1 aromatic heterocycles. The van der Waals surface area contributed by atoms with Crippen molar-refractivity contribution in [3.63, 3.8) is 0 Å². The number of ether oxygens (including phenoxy) is 1. The summed E-state index contributed by atoms with van der Waals surface area (Å²) >= 11 is 3.18. The maximum atomic E-state index is 12.9. The average Bonchev–Trinajstić information content (AvgIpc) is 2.97. The minimum atomic E-state index is -3.36. The largest absolute Gasteiger partial charge is 0.379 e. The van der Waals surface area contributed by atoms with Gasteiger partial charge in [0.1, 0.15) is 4.21 Å². The van der Waals surface area contributed by atoms with Crippen molar-refractivity contribution >= 4 is 33.1 Å². The molecule has 1 atom stereocenters. The van der Waals surface area contributed by atoms with Crippen LogP contribution in [0.3, 0.4) is 0 Å². The smallest absolute Gasteiger partial charge is 0.252 e. The summed E-state index contributed by atoms with van der Waals surface area (Å²) in [4.78, 5) is 2.33. The third-order valence-electron chi connectivity index (χ3n) is 4.02. The monoisotopic (exact) mass is 362 g/mol. The second-order valence-corrected chi connectivity index (χ2v) is 9.76. The molecule has 22 heavy (non-hydrogen) atoms. The van der Waals surface area contributed by atoms with Gasteiger partial charge in [0, 0.05) is 38.0 Å². The molecule has 5 nitrogen and oxygen atoms in total. The Morgan fingerprint density at radius 3 is 2.82 bits per heavy atom. The van der Waals surface area contributed by atoms with Crippen LogP contribution < -0.4 is 0 Å². The molecular weight excluding hydrogens is 340 g/mol. The molecule has 2 saturated heterocycles. The van der Waals surface area contributed by atoms with E-state index in [0.29, 0.717) is 10.8 Å². The van der Waals surface area contributed by atoms with E-state index in [2.05, 4.69) is 4.90 Å². The molecule has 3 heterocycles. The summed E-state index contributed by atoms with van der Waals surface area (Å²) in [6.45, 7) is 4.72. The Hall–Kier alpha value is -0.120. The Morgan fingerprint density at radius 2 is 2.09 bits per heavy atom. The molecule has 2 aliphatic rings. The average molecular weight is 363 g/mol. The van der Waals surface area contributed by atoms with E-state index < -0.39 is 10.0 Å². The van der Waals surface area contributed by atoms with Gasteiger partial charge in [-0.2, -0.15) is 16.1 Å². The van der Waals surface area contributed by atoms with Crippen LogP contribution in [0, 0.1) is 0 Å². The topological polar surface area (TPSA) is 49.9 Å². The van der Waals surface area contributed by atoms with Gasteiger partial charge in [0.25, 0.3) is 10.0 Å². The second kappa shape index (κ2) is 7.63. The van der Waals surface area contributed by atoms with Crippen LogP contribution in [0.5, 0.6) is 0 Å². The van der Waals surface area contributed by atoms with Crippen molar-refractivity contribution in [3.8, 4) is 0 Å². The summed E-state index contributed by atoms with van der Waals surface area (Å²) in [6.07, 6.45) is 0.925. The number of thiophene rings is 1. The summed E-state index contributed by atoms with van der Waals surface area (Å²) in [6, 6.07) is 3.57. The lowest BCUT2D eigenvalue weighted by Crippen LogP contribution is -2.50. The highest BCUT2D eigenvalue weighted by molar-refractivity contribution is 7.99. The lowest BCUT2D eigenvalue weighted by molar-refractivity contribution is 0.0309. The normalized spacial score (nSPS) is 25.9. The Labute approximate surface area is 140 Å². The number of sulfonamides is 1. The fourth-order valence-corrected chi connectivity index (χ4v) is 6.80. The minimum Gasteiger partial charge on any atom is -0.379 e. The Morgan fingerprint density at radius 1 is 1.27 bits per heavy atom. The molecule has 2 aliphatic heterocycles. The maximum Gasteiger partial charge on any atom is 0.252 e. The highest BCUT2D eigenvalue weighted by Crippen LogP contribution is 2.27. The molecule has 0 spiro atoms. The van der Waals surface area contributed by atoms with Crippen molar-refractivity contribution in [2.75, 3.05) is 50.9 Å². The molecule has 0 aromatic carbocycles. The van der Waals surface area contributed by atoms with E-state index in [0.717, 1.165) is 50.8 Å². The number of nitrogens with zero attached hydrogens (tertiary/aromatic N) is 2. The third-order valence-corrected chi connectivity index (χ3v) is 8.54. The zero-order valence-corrected chi connectivity index (χ0v) is 15.0. The minimum absolute atomic E-state index is 0.0534. The van der Waals surface area contributed by atoms with Crippen molar-refractivity contribution in [2.24, 2.45) is 0 Å². The number of morpholine rings is 1. The van der Waals surface area contributed by atoms with Gasteiger partial charge in [-0.1, -0.05) is 6.07 Å². The fourth-order valence-electron chi connectivity index (χ4n) is 2.88. The summed E-state index contributed by atoms with van der Waals surface area (Å²) in [5, 5.41) is 1.83. The van der Waals surface area contributed by atoms with E-state index in [1.807, 2.05) is 17.1 Å². The van der Waals surface area contributed by atoms with Gasteiger partial charge in [0.15, 0.2) is 0 Å². The first-order valence-corrected chi connectivity index (χ1v) is 11.1. The zero-order valence-electron chi connectivity index (χ0n) is 12.5. The Kier molecular flexibility index (Phi) is 5.80. The van der Waals surface area contributed by atoms with Gasteiger partial charge < -0.3 is 4.74 Å². The second-order valence-electron chi connectivity index (χ2n) is 5.54. The van der Waals surface area contributed by atoms with Gasteiger partial charge in [0.05, 0.1) is 13.2 Å². The van der Waals surface area contributed by atoms with Gasteiger partial charge in [-0.3, -0.25) is 4.90 Å². The molecule has 124 valence electrons. The summed E-state index contributed by atoms with van der Waals surface area (Å²) in [5.41, 5.74) is 0. The van der Waals surface area contributed by atoms with Crippen molar-refractivity contribution in [1.82, 2.24) is 9.21 Å². The molecule has 0 saturated carbocycles. The van der Waals surface area contributed by atoms with E-state index in [9.17, 15) is 8.42 Å². The van der Waals surface area contributed by atoms with Crippen LogP contribution in [0.15, 0.2) is 21.7 Å². The van der Waals surface area contributed by atoms with Crippen LogP contribution in [-0.4, -0.2) is 74.6 Å². The number of thioether (sulfide) groups is 1. The van der Waals surface area contributed by atoms with Crippen LogP contribution in [-0.2, 0) is 14.8 Å². The number of hydrogen-bond donors (Lipinski definition) is 0. The molecule has 2 fully saturated rings. The fraction of sp³-hybridized carbons (Fsp3) is 0.714. The van der Waals surface area contributed by atoms with Crippen molar-refractivity contribution in [3.05, 3.63) is 17.5 Å². The van der Waals surface area contributed by atoms with E-state index in [1.165, 1.54) is 11.3 Å². The van der Waals surface area contributed by atoms with E-state index in [4.69, 9.17) is 4.74 Å². The van der Waals surface area contributed by atoms with Gasteiger partial charge >= 0.3 is 0 Å². The third kappa shape index (κ3) is 3.85. The maximum absolute atomic E-state index is 12.9. The molecule has 3 rings (SSSR count). The Bertz CT molecular complexity index is 556. The van der Waals surface area contributed by atoms with Gasteiger partial charge in [-0.15, -0.1) is 11.3 Å². The van der Waals surface area contributed by atoms with Crippen molar-refractivity contribution < 1.29 is 13.2 Å². The SMILES string of the molecule is O=S(=O)(c1cccs1)N1CCCSCC1CN1CCOCC1. The first-order chi connectivity index (χ1) is 10.7. The number of rotatable bonds is 4. The lowest BCUT2D eigenvalue weighted by Gasteiger charge is -2.34.